The van der Waals surface area contributed by atoms with Crippen LogP contribution in [0.2, 0.25) is 0 Å². The van der Waals surface area contributed by atoms with Crippen molar-refractivity contribution in [3.63, 3.8) is 0 Å². The lowest BCUT2D eigenvalue weighted by atomic mass is 10.1. The van der Waals surface area contributed by atoms with E-state index in [0.717, 1.165) is 33.3 Å². The fraction of sp³-hybridized carbons (Fsp3) is 0.273. The number of benzene rings is 2. The van der Waals surface area contributed by atoms with Crippen LogP contribution in [0.15, 0.2) is 48.7 Å². The Bertz CT molecular complexity index is 975. The number of nitrogens with one attached hydrogen (secondary N) is 2. The average molecular weight is 363 g/mol. The van der Waals surface area contributed by atoms with Gasteiger partial charge in [0.15, 0.2) is 0 Å². The van der Waals surface area contributed by atoms with Crippen molar-refractivity contribution in [3.05, 3.63) is 65.4 Å². The van der Waals surface area contributed by atoms with Crippen molar-refractivity contribution in [2.75, 3.05) is 18.4 Å². The molecular weight excluding hydrogens is 338 g/mol. The number of hydrogen-bond acceptors (Lipinski definition) is 2. The van der Waals surface area contributed by atoms with Crippen LogP contribution in [0.3, 0.4) is 0 Å². The monoisotopic (exact) mass is 363 g/mol. The van der Waals surface area contributed by atoms with E-state index in [4.69, 9.17) is 0 Å². The summed E-state index contributed by atoms with van der Waals surface area (Å²) in [6.07, 6.45) is 2.67. The molecule has 0 unspecified atom stereocenters. The van der Waals surface area contributed by atoms with Crippen molar-refractivity contribution in [3.8, 4) is 0 Å². The Morgan fingerprint density at radius 2 is 1.89 bits per heavy atom. The van der Waals surface area contributed by atoms with Gasteiger partial charge < -0.3 is 15.2 Å². The van der Waals surface area contributed by atoms with Crippen LogP contribution in [-0.2, 0) is 16.0 Å². The predicted molar refractivity (Wildman–Crippen MR) is 109 cm³/mol. The van der Waals surface area contributed by atoms with E-state index >= 15 is 0 Å². The van der Waals surface area contributed by atoms with Gasteiger partial charge in [0, 0.05) is 36.3 Å². The van der Waals surface area contributed by atoms with Gasteiger partial charge in [0.1, 0.15) is 0 Å². The third-order valence-electron chi connectivity index (χ3n) is 4.76. The summed E-state index contributed by atoms with van der Waals surface area (Å²) in [5, 5.41) is 4.06. The van der Waals surface area contributed by atoms with Crippen LogP contribution in [0.5, 0.6) is 0 Å². The maximum absolute atomic E-state index is 12.4. The smallest absolute Gasteiger partial charge is 0.244 e. The number of carbonyl (C=O) groups is 2. The Morgan fingerprint density at radius 3 is 2.63 bits per heavy atom. The summed E-state index contributed by atoms with van der Waals surface area (Å²) in [7, 11) is 0. The molecule has 5 heteroatoms. The number of para-hydroxylation sites is 1. The number of anilines is 1. The Balaban J connectivity index is 1.63. The van der Waals surface area contributed by atoms with E-state index in [-0.39, 0.29) is 18.4 Å². The summed E-state index contributed by atoms with van der Waals surface area (Å²) in [5.74, 6) is -0.290. The molecule has 2 N–H and O–H groups in total. The number of H-pyrrole nitrogens is 1. The van der Waals surface area contributed by atoms with Gasteiger partial charge in [-0.15, -0.1) is 0 Å². The lowest BCUT2D eigenvalue weighted by Gasteiger charge is -2.21. The molecule has 2 aromatic carbocycles. The molecule has 3 rings (SSSR count). The maximum atomic E-state index is 12.4. The molecular formula is C22H25N3O2. The summed E-state index contributed by atoms with van der Waals surface area (Å²) in [4.78, 5) is 29.3. The van der Waals surface area contributed by atoms with E-state index in [1.54, 1.807) is 4.90 Å². The highest BCUT2D eigenvalue weighted by molar-refractivity contribution is 5.95. The zero-order valence-corrected chi connectivity index (χ0v) is 16.0. The molecule has 0 aliphatic heterocycles. The SMILES string of the molecule is CC(=O)N(CCc1c[nH]c2ccccc12)CC(=O)Nc1ccc(C)cc1C. The van der Waals surface area contributed by atoms with Gasteiger partial charge in [-0.2, -0.15) is 0 Å². The second-order valence-electron chi connectivity index (χ2n) is 6.92. The summed E-state index contributed by atoms with van der Waals surface area (Å²) in [5.41, 5.74) is 5.16. The zero-order valence-electron chi connectivity index (χ0n) is 16.0. The van der Waals surface area contributed by atoms with Crippen LogP contribution in [-0.4, -0.2) is 34.8 Å². The van der Waals surface area contributed by atoms with Crippen molar-refractivity contribution in [2.24, 2.45) is 0 Å². The van der Waals surface area contributed by atoms with Crippen molar-refractivity contribution in [1.29, 1.82) is 0 Å². The standard InChI is InChI=1S/C22H25N3O2/c1-15-8-9-20(16(2)12-15)24-22(27)14-25(17(3)26)11-10-18-13-23-21-7-5-4-6-19(18)21/h4-9,12-13,23H,10-11,14H2,1-3H3,(H,24,27). The first kappa shape index (κ1) is 18.7. The molecule has 0 atom stereocenters. The summed E-state index contributed by atoms with van der Waals surface area (Å²) >= 11 is 0. The summed E-state index contributed by atoms with van der Waals surface area (Å²) < 4.78 is 0. The number of nitrogens with zero attached hydrogens (tertiary/aromatic N) is 1. The van der Waals surface area contributed by atoms with E-state index in [0.29, 0.717) is 13.0 Å². The molecule has 0 radical (unpaired) electrons. The Kier molecular flexibility index (Phi) is 5.60. The zero-order chi connectivity index (χ0) is 19.4. The molecule has 1 aromatic heterocycles. The maximum Gasteiger partial charge on any atom is 0.244 e. The lowest BCUT2D eigenvalue weighted by molar-refractivity contribution is -0.132. The second kappa shape index (κ2) is 8.08. The van der Waals surface area contributed by atoms with E-state index in [2.05, 4.69) is 16.4 Å². The van der Waals surface area contributed by atoms with Crippen LogP contribution >= 0.6 is 0 Å². The predicted octanol–water partition coefficient (Wildman–Crippen LogP) is 3.81. The molecule has 1 heterocycles. The van der Waals surface area contributed by atoms with Gasteiger partial charge in [0.2, 0.25) is 11.8 Å². The molecule has 0 bridgehead atoms. The Labute approximate surface area is 159 Å². The number of fused-ring (bicyclic) bond motifs is 1. The van der Waals surface area contributed by atoms with Crippen molar-refractivity contribution in [1.82, 2.24) is 9.88 Å². The summed E-state index contributed by atoms with van der Waals surface area (Å²) in [6, 6.07) is 14.0. The van der Waals surface area contributed by atoms with Crippen LogP contribution in [0.4, 0.5) is 5.69 Å². The number of aromatic amines is 1. The van der Waals surface area contributed by atoms with Gasteiger partial charge in [-0.05, 0) is 43.5 Å². The van der Waals surface area contributed by atoms with Crippen molar-refractivity contribution in [2.45, 2.75) is 27.2 Å². The van der Waals surface area contributed by atoms with Crippen LogP contribution < -0.4 is 5.32 Å². The lowest BCUT2D eigenvalue weighted by Crippen LogP contribution is -2.38. The van der Waals surface area contributed by atoms with E-state index in [1.807, 2.05) is 56.4 Å². The van der Waals surface area contributed by atoms with E-state index in [1.165, 1.54) is 6.92 Å². The van der Waals surface area contributed by atoms with Gasteiger partial charge in [-0.3, -0.25) is 9.59 Å². The Hall–Kier alpha value is -3.08. The number of amides is 2. The van der Waals surface area contributed by atoms with Crippen molar-refractivity contribution < 1.29 is 9.59 Å². The minimum atomic E-state index is -0.184. The van der Waals surface area contributed by atoms with Crippen LogP contribution in [0, 0.1) is 13.8 Å². The molecule has 0 fully saturated rings. The third-order valence-corrected chi connectivity index (χ3v) is 4.76. The topological polar surface area (TPSA) is 65.2 Å². The molecule has 0 saturated carbocycles. The highest BCUT2D eigenvalue weighted by Crippen LogP contribution is 2.19. The molecule has 0 aliphatic carbocycles. The first-order valence-corrected chi connectivity index (χ1v) is 9.11. The molecule has 0 aliphatic rings. The quantitative estimate of drug-likeness (QED) is 0.699. The van der Waals surface area contributed by atoms with E-state index in [9.17, 15) is 9.59 Å². The first-order chi connectivity index (χ1) is 12.9. The van der Waals surface area contributed by atoms with Gasteiger partial charge in [0.05, 0.1) is 6.54 Å². The van der Waals surface area contributed by atoms with Gasteiger partial charge in [0.25, 0.3) is 0 Å². The van der Waals surface area contributed by atoms with E-state index < -0.39 is 0 Å². The molecule has 27 heavy (non-hydrogen) atoms. The summed E-state index contributed by atoms with van der Waals surface area (Å²) in [6.45, 7) is 6.02. The largest absolute Gasteiger partial charge is 0.361 e. The molecule has 0 spiro atoms. The highest BCUT2D eigenvalue weighted by atomic mass is 16.2. The molecule has 5 nitrogen and oxygen atoms in total. The average Bonchev–Trinajstić information content (AvgIpc) is 3.04. The molecule has 140 valence electrons. The number of aryl methyl sites for hydroxylation is 2. The molecule has 2 amide bonds. The van der Waals surface area contributed by atoms with Gasteiger partial charge in [-0.25, -0.2) is 0 Å². The van der Waals surface area contributed by atoms with Crippen LogP contribution in [0.25, 0.3) is 10.9 Å². The number of hydrogen-bond donors (Lipinski definition) is 2. The fourth-order valence-corrected chi connectivity index (χ4v) is 3.26. The van der Waals surface area contributed by atoms with Gasteiger partial charge in [-0.1, -0.05) is 35.9 Å². The second-order valence-corrected chi connectivity index (χ2v) is 6.92. The normalized spacial score (nSPS) is 10.8. The fourth-order valence-electron chi connectivity index (χ4n) is 3.26. The van der Waals surface area contributed by atoms with Crippen molar-refractivity contribution >= 4 is 28.4 Å². The number of carbonyl (C=O) groups excluding carboxylic acids is 2. The van der Waals surface area contributed by atoms with Gasteiger partial charge >= 0.3 is 0 Å². The first-order valence-electron chi connectivity index (χ1n) is 9.11. The highest BCUT2D eigenvalue weighted by Gasteiger charge is 2.15. The molecule has 0 saturated heterocycles. The number of rotatable bonds is 6. The molecule has 3 aromatic rings. The van der Waals surface area contributed by atoms with Crippen LogP contribution in [0.1, 0.15) is 23.6 Å². The minimum absolute atomic E-state index is 0.0466. The number of aromatic nitrogens is 1. The third kappa shape index (κ3) is 4.56. The minimum Gasteiger partial charge on any atom is -0.361 e. The Morgan fingerprint density at radius 1 is 1.11 bits per heavy atom.